The summed E-state index contributed by atoms with van der Waals surface area (Å²) >= 11 is 0. The Morgan fingerprint density at radius 2 is 1.84 bits per heavy atom. The van der Waals surface area contributed by atoms with Crippen LogP contribution in [0.1, 0.15) is 47.4 Å². The van der Waals surface area contributed by atoms with Gasteiger partial charge in [0.2, 0.25) is 17.7 Å². The number of likely N-dealkylation sites (tertiary alicyclic amines) is 1. The molecule has 1 aromatic carbocycles. The number of aryl methyl sites for hydroxylation is 2. The number of carbonyl (C=O) groups excluding carboxylic acids is 1. The number of anilines is 2. The van der Waals surface area contributed by atoms with Crippen molar-refractivity contribution in [1.82, 2.24) is 19.9 Å². The van der Waals surface area contributed by atoms with Gasteiger partial charge in [-0.2, -0.15) is 15.0 Å². The highest BCUT2D eigenvalue weighted by atomic mass is 16.6. The summed E-state index contributed by atoms with van der Waals surface area (Å²) in [5.41, 5.74) is 3.89. The number of methoxy groups -OCH3 is 2. The molecule has 2 aliphatic rings. The first kappa shape index (κ1) is 24.8. The fourth-order valence-electron chi connectivity index (χ4n) is 4.82. The van der Waals surface area contributed by atoms with Crippen molar-refractivity contribution in [3.05, 3.63) is 40.8 Å². The average Bonchev–Trinajstić information content (AvgIpc) is 3.43. The molecule has 3 aromatic rings. The van der Waals surface area contributed by atoms with E-state index in [1.807, 2.05) is 20.0 Å². The van der Waals surface area contributed by atoms with Gasteiger partial charge in [0, 0.05) is 13.1 Å². The third-order valence-electron chi connectivity index (χ3n) is 6.93. The molecule has 1 aliphatic heterocycles. The summed E-state index contributed by atoms with van der Waals surface area (Å²) in [5, 5.41) is 5.96. The smallest absolute Gasteiger partial charge is 0.399 e. The lowest BCUT2D eigenvalue weighted by Gasteiger charge is -2.36. The number of nitrogens with one attached hydrogen (secondary N) is 2. The molecule has 0 saturated carbocycles. The van der Waals surface area contributed by atoms with Gasteiger partial charge in [-0.25, -0.2) is 0 Å². The second kappa shape index (κ2) is 9.55. The highest BCUT2D eigenvalue weighted by Crippen LogP contribution is 2.42. The summed E-state index contributed by atoms with van der Waals surface area (Å²) < 4.78 is 22.2. The van der Waals surface area contributed by atoms with E-state index in [0.29, 0.717) is 11.7 Å². The number of fused-ring (bicyclic) bond motifs is 1. The molecule has 1 fully saturated rings. The Kier molecular flexibility index (Phi) is 6.40. The van der Waals surface area contributed by atoms with E-state index >= 15 is 0 Å². The van der Waals surface area contributed by atoms with E-state index in [4.69, 9.17) is 18.6 Å². The van der Waals surface area contributed by atoms with Gasteiger partial charge in [-0.3, -0.25) is 4.79 Å². The Morgan fingerprint density at radius 3 is 2.49 bits per heavy atom. The summed E-state index contributed by atoms with van der Waals surface area (Å²) in [5.74, 6) is 0.778. The van der Waals surface area contributed by atoms with Gasteiger partial charge in [-0.1, -0.05) is 19.9 Å². The van der Waals surface area contributed by atoms with Gasteiger partial charge in [-0.15, -0.1) is 0 Å². The predicted octanol–water partition coefficient (Wildman–Crippen LogP) is 3.78. The van der Waals surface area contributed by atoms with Gasteiger partial charge >= 0.3 is 6.08 Å². The summed E-state index contributed by atoms with van der Waals surface area (Å²) in [6.07, 6.45) is 3.36. The number of ether oxygens (including phenoxy) is 3. The van der Waals surface area contributed by atoms with Crippen LogP contribution in [-0.2, 0) is 11.8 Å². The van der Waals surface area contributed by atoms with Crippen molar-refractivity contribution in [2.24, 2.45) is 0 Å². The molecule has 1 amide bonds. The van der Waals surface area contributed by atoms with Crippen molar-refractivity contribution < 1.29 is 23.4 Å². The fraction of sp³-hybridized carbons (Fsp3) is 0.462. The molecule has 11 heteroatoms. The summed E-state index contributed by atoms with van der Waals surface area (Å²) in [7, 11) is 4.95. The van der Waals surface area contributed by atoms with Gasteiger partial charge < -0.3 is 34.2 Å². The summed E-state index contributed by atoms with van der Waals surface area (Å²) in [4.78, 5) is 28.2. The van der Waals surface area contributed by atoms with Crippen molar-refractivity contribution in [2.75, 3.05) is 45.0 Å². The van der Waals surface area contributed by atoms with Crippen molar-refractivity contribution in [3.8, 4) is 23.6 Å². The van der Waals surface area contributed by atoms with Gasteiger partial charge in [0.1, 0.15) is 12.0 Å². The molecule has 2 N–H and O–H groups in total. The molecule has 1 aliphatic carbocycles. The number of nitrogens with zero attached hydrogens (tertiary/aromatic N) is 4. The van der Waals surface area contributed by atoms with E-state index < -0.39 is 5.91 Å². The first-order valence-corrected chi connectivity index (χ1v) is 12.2. The third-order valence-corrected chi connectivity index (χ3v) is 6.93. The molecule has 0 bridgehead atoms. The SMILES string of the molecule is COc1nc(NC2CN(C)C2)nc(OC)c1NC(=O)c1coc(Oc2cc3c(cc2C)CCC3(C)C)n1. The minimum atomic E-state index is -0.549. The van der Waals surface area contributed by atoms with Gasteiger partial charge in [0.05, 0.1) is 20.3 Å². The molecule has 2 aromatic heterocycles. The van der Waals surface area contributed by atoms with Crippen LogP contribution in [-0.4, -0.2) is 66.2 Å². The molecule has 37 heavy (non-hydrogen) atoms. The molecule has 0 unspecified atom stereocenters. The van der Waals surface area contributed by atoms with Crippen LogP contribution >= 0.6 is 0 Å². The maximum absolute atomic E-state index is 13.0. The summed E-state index contributed by atoms with van der Waals surface area (Å²) in [6, 6.07) is 4.43. The van der Waals surface area contributed by atoms with Crippen LogP contribution in [0.4, 0.5) is 11.6 Å². The number of likely N-dealkylation sites (N-methyl/N-ethyl adjacent to an activating group) is 1. The van der Waals surface area contributed by atoms with Crippen molar-refractivity contribution in [3.63, 3.8) is 0 Å². The van der Waals surface area contributed by atoms with Crippen molar-refractivity contribution in [1.29, 1.82) is 0 Å². The molecule has 1 saturated heterocycles. The molecule has 196 valence electrons. The Hall–Kier alpha value is -3.86. The quantitative estimate of drug-likeness (QED) is 0.464. The van der Waals surface area contributed by atoms with E-state index in [-0.39, 0.29) is 40.7 Å². The molecular formula is C26H32N6O5. The zero-order valence-electron chi connectivity index (χ0n) is 22.0. The maximum Gasteiger partial charge on any atom is 0.399 e. The summed E-state index contributed by atoms with van der Waals surface area (Å²) in [6.45, 7) is 8.20. The Morgan fingerprint density at radius 1 is 1.14 bits per heavy atom. The maximum atomic E-state index is 13.0. The monoisotopic (exact) mass is 508 g/mol. The van der Waals surface area contributed by atoms with E-state index in [1.54, 1.807) is 0 Å². The highest BCUT2D eigenvalue weighted by Gasteiger charge is 2.31. The first-order valence-electron chi connectivity index (χ1n) is 12.2. The predicted molar refractivity (Wildman–Crippen MR) is 137 cm³/mol. The molecule has 3 heterocycles. The lowest BCUT2D eigenvalue weighted by molar-refractivity contribution is 0.102. The van der Waals surface area contributed by atoms with E-state index in [1.165, 1.54) is 31.6 Å². The molecule has 5 rings (SSSR count). The molecule has 0 atom stereocenters. The zero-order valence-corrected chi connectivity index (χ0v) is 22.0. The lowest BCUT2D eigenvalue weighted by Crippen LogP contribution is -2.52. The van der Waals surface area contributed by atoms with Crippen LogP contribution in [0, 0.1) is 6.92 Å². The molecule has 11 nitrogen and oxygen atoms in total. The standard InChI is InChI=1S/C26H32N6O5/c1-14-9-15-7-8-26(2,3)17(15)10-19(14)37-25-28-18(13-36-25)21(33)29-20-22(34-5)30-24(31-23(20)35-6)27-16-11-32(4)12-16/h9-10,13,16H,7-8,11-12H2,1-6H3,(H,29,33)(H,27,30,31). The van der Waals surface area contributed by atoms with E-state index in [0.717, 1.165) is 31.5 Å². The van der Waals surface area contributed by atoms with Crippen molar-refractivity contribution >= 4 is 17.5 Å². The number of oxazole rings is 1. The van der Waals surface area contributed by atoms with Crippen LogP contribution < -0.4 is 24.8 Å². The minimum Gasteiger partial charge on any atom is -0.479 e. The minimum absolute atomic E-state index is 0.0239. The van der Waals surface area contributed by atoms with Crippen LogP contribution in [0.5, 0.6) is 23.6 Å². The number of amides is 1. The highest BCUT2D eigenvalue weighted by molar-refractivity contribution is 6.04. The Balaban J connectivity index is 1.32. The Labute approximate surface area is 215 Å². The number of rotatable bonds is 8. The molecule has 0 radical (unpaired) electrons. The van der Waals surface area contributed by atoms with E-state index in [2.05, 4.69) is 50.4 Å². The van der Waals surface area contributed by atoms with Gasteiger partial charge in [0.25, 0.3) is 5.91 Å². The fourth-order valence-corrected chi connectivity index (χ4v) is 4.82. The topological polar surface area (TPSA) is 124 Å². The zero-order chi connectivity index (χ0) is 26.3. The first-order chi connectivity index (χ1) is 17.7. The molecular weight excluding hydrogens is 476 g/mol. The van der Waals surface area contributed by atoms with Crippen LogP contribution in [0.25, 0.3) is 0 Å². The largest absolute Gasteiger partial charge is 0.479 e. The van der Waals surface area contributed by atoms with Crippen molar-refractivity contribution in [2.45, 2.75) is 45.1 Å². The number of benzene rings is 1. The average molecular weight is 509 g/mol. The van der Waals surface area contributed by atoms with Gasteiger partial charge in [0.15, 0.2) is 11.4 Å². The Bertz CT molecular complexity index is 1310. The van der Waals surface area contributed by atoms with Crippen LogP contribution in [0.2, 0.25) is 0 Å². The number of hydrogen-bond acceptors (Lipinski definition) is 10. The molecule has 0 spiro atoms. The van der Waals surface area contributed by atoms with Crippen LogP contribution in [0.3, 0.4) is 0 Å². The normalized spacial score (nSPS) is 16.6. The van der Waals surface area contributed by atoms with Gasteiger partial charge in [-0.05, 0) is 55.0 Å². The van der Waals surface area contributed by atoms with E-state index in [9.17, 15) is 4.79 Å². The lowest BCUT2D eigenvalue weighted by atomic mass is 9.86. The second-order valence-corrected chi connectivity index (χ2v) is 10.2. The second-order valence-electron chi connectivity index (χ2n) is 10.2. The number of carbonyl (C=O) groups is 1. The number of hydrogen-bond donors (Lipinski definition) is 2. The number of aromatic nitrogens is 3. The van der Waals surface area contributed by atoms with Crippen LogP contribution in [0.15, 0.2) is 22.8 Å². The third kappa shape index (κ3) is 4.91.